The van der Waals surface area contributed by atoms with Gasteiger partial charge in [-0.3, -0.25) is 14.4 Å². The second-order valence-electron chi connectivity index (χ2n) is 8.66. The number of fused-ring (bicyclic) bond motifs is 1. The summed E-state index contributed by atoms with van der Waals surface area (Å²) in [5.41, 5.74) is 1.01. The molecule has 40 heavy (non-hydrogen) atoms. The fourth-order valence-electron chi connectivity index (χ4n) is 4.09. The van der Waals surface area contributed by atoms with Gasteiger partial charge in [0.2, 0.25) is 17.0 Å². The highest BCUT2D eigenvalue weighted by atomic mass is 16.5. The first-order valence-electron chi connectivity index (χ1n) is 11.9. The molecular weight excluding hydrogens is 516 g/mol. The topological polar surface area (TPSA) is 154 Å². The van der Waals surface area contributed by atoms with E-state index in [1.54, 1.807) is 6.08 Å². The molecule has 0 spiro atoms. The Morgan fingerprint density at radius 3 is 2.23 bits per heavy atom. The van der Waals surface area contributed by atoms with Gasteiger partial charge >= 0.3 is 0 Å². The Balaban J connectivity index is 0.000000186. The third-order valence-electron chi connectivity index (χ3n) is 6.12. The highest BCUT2D eigenvalue weighted by molar-refractivity contribution is 6.19. The molecule has 0 bridgehead atoms. The third-order valence-corrected chi connectivity index (χ3v) is 6.12. The maximum Gasteiger partial charge on any atom is 0.235 e. The molecule has 0 saturated heterocycles. The van der Waals surface area contributed by atoms with Gasteiger partial charge in [-0.15, -0.1) is 6.58 Å². The number of benzene rings is 3. The molecule has 1 unspecified atom stereocenters. The minimum atomic E-state index is -0.654. The number of ketones is 2. The van der Waals surface area contributed by atoms with E-state index in [0.717, 1.165) is 11.6 Å². The van der Waals surface area contributed by atoms with Gasteiger partial charge in [-0.05, 0) is 42.0 Å². The maximum atomic E-state index is 12.1. The molecule has 1 aliphatic carbocycles. The van der Waals surface area contributed by atoms with Crippen LogP contribution in [0.25, 0.3) is 22.3 Å². The van der Waals surface area contributed by atoms with Crippen LogP contribution in [0.3, 0.4) is 0 Å². The van der Waals surface area contributed by atoms with Gasteiger partial charge in [0.15, 0.2) is 28.8 Å². The van der Waals surface area contributed by atoms with Crippen molar-refractivity contribution in [2.45, 2.75) is 5.92 Å². The number of aromatic hydroxyl groups is 4. The number of hydrogen-bond acceptors (Lipinski definition) is 9. The standard InChI is InChI=1S/C16H14O3.C15H10O6/c1-3-12(11-7-5-4-6-8-11)13-9-15(18)16(19-2)10-14(13)17;16-8-2-3-9-12(6-8)21-15(14(20)13(9)19)7-1-4-10(17)11(18)5-7/h3-10,12H,1H2,2H3;1-6,16-18,20H. The minimum Gasteiger partial charge on any atom is -0.508 e. The van der Waals surface area contributed by atoms with Crippen LogP contribution in [0.2, 0.25) is 0 Å². The van der Waals surface area contributed by atoms with Crippen molar-refractivity contribution >= 4 is 22.5 Å². The van der Waals surface area contributed by atoms with Crippen LogP contribution in [0.5, 0.6) is 23.0 Å². The number of phenolic OH excluding ortho intramolecular Hbond substituents is 3. The van der Waals surface area contributed by atoms with Gasteiger partial charge in [0.05, 0.1) is 12.5 Å². The van der Waals surface area contributed by atoms with Crippen molar-refractivity contribution in [3.05, 3.63) is 119 Å². The van der Waals surface area contributed by atoms with E-state index in [1.807, 2.05) is 30.3 Å². The van der Waals surface area contributed by atoms with Crippen LogP contribution >= 0.6 is 0 Å². The molecule has 0 saturated carbocycles. The molecule has 3 aromatic carbocycles. The Morgan fingerprint density at radius 1 is 0.850 bits per heavy atom. The quantitative estimate of drug-likeness (QED) is 0.158. The molecule has 1 heterocycles. The van der Waals surface area contributed by atoms with Crippen LogP contribution in [0.4, 0.5) is 0 Å². The molecule has 202 valence electrons. The van der Waals surface area contributed by atoms with Crippen LogP contribution < -0.4 is 5.43 Å². The molecular formula is C31H24O9. The number of hydrogen-bond donors (Lipinski definition) is 4. The van der Waals surface area contributed by atoms with Crippen molar-refractivity contribution in [2.75, 3.05) is 7.11 Å². The molecule has 9 heteroatoms. The number of carbonyl (C=O) groups is 2. The number of carbonyl (C=O) groups excluding carboxylic acids is 2. The molecule has 0 aliphatic heterocycles. The molecule has 9 nitrogen and oxygen atoms in total. The first-order valence-corrected chi connectivity index (χ1v) is 11.9. The molecule has 1 aliphatic rings. The summed E-state index contributed by atoms with van der Waals surface area (Å²) in [6, 6.07) is 17.1. The highest BCUT2D eigenvalue weighted by Crippen LogP contribution is 2.35. The second-order valence-corrected chi connectivity index (χ2v) is 8.66. The van der Waals surface area contributed by atoms with Crippen molar-refractivity contribution < 1.29 is 39.2 Å². The predicted octanol–water partition coefficient (Wildman–Crippen LogP) is 4.85. The number of allylic oxidation sites excluding steroid dienone is 4. The lowest BCUT2D eigenvalue weighted by Crippen LogP contribution is -2.18. The molecule has 0 radical (unpaired) electrons. The molecule has 5 rings (SSSR count). The fraction of sp³-hybridized carbons (Fsp3) is 0.0645. The summed E-state index contributed by atoms with van der Waals surface area (Å²) in [4.78, 5) is 35.9. The molecule has 4 N–H and O–H groups in total. The zero-order valence-corrected chi connectivity index (χ0v) is 21.2. The van der Waals surface area contributed by atoms with Crippen LogP contribution in [-0.4, -0.2) is 39.1 Å². The van der Waals surface area contributed by atoms with Gasteiger partial charge in [-0.2, -0.15) is 0 Å². The normalized spacial score (nSPS) is 13.5. The highest BCUT2D eigenvalue weighted by Gasteiger charge is 2.26. The van der Waals surface area contributed by atoms with Crippen LogP contribution in [0.1, 0.15) is 11.5 Å². The largest absolute Gasteiger partial charge is 0.508 e. The van der Waals surface area contributed by atoms with Gasteiger partial charge in [-0.25, -0.2) is 0 Å². The van der Waals surface area contributed by atoms with Gasteiger partial charge < -0.3 is 29.6 Å². The lowest BCUT2D eigenvalue weighted by Gasteiger charge is -2.18. The second kappa shape index (κ2) is 11.4. The summed E-state index contributed by atoms with van der Waals surface area (Å²) in [5, 5.41) is 38.3. The average Bonchev–Trinajstić information content (AvgIpc) is 2.95. The van der Waals surface area contributed by atoms with Gasteiger partial charge in [0.25, 0.3) is 0 Å². The van der Waals surface area contributed by atoms with Crippen LogP contribution in [-0.2, 0) is 14.3 Å². The van der Waals surface area contributed by atoms with Crippen molar-refractivity contribution in [3.8, 4) is 34.3 Å². The van der Waals surface area contributed by atoms with E-state index >= 15 is 0 Å². The predicted molar refractivity (Wildman–Crippen MR) is 147 cm³/mol. The Hall–Kier alpha value is -5.57. The lowest BCUT2D eigenvalue weighted by atomic mass is 9.85. The van der Waals surface area contributed by atoms with Crippen molar-refractivity contribution in [1.82, 2.24) is 0 Å². The zero-order valence-electron chi connectivity index (χ0n) is 21.2. The number of methoxy groups -OCH3 is 1. The van der Waals surface area contributed by atoms with E-state index in [-0.39, 0.29) is 57.0 Å². The van der Waals surface area contributed by atoms with E-state index in [9.17, 15) is 34.8 Å². The van der Waals surface area contributed by atoms with Crippen molar-refractivity contribution in [2.24, 2.45) is 0 Å². The van der Waals surface area contributed by atoms with Crippen LogP contribution in [0, 0.1) is 0 Å². The third kappa shape index (κ3) is 5.48. The number of rotatable bonds is 5. The first-order chi connectivity index (χ1) is 19.1. The summed E-state index contributed by atoms with van der Waals surface area (Å²) in [5.74, 6) is -2.32. The van der Waals surface area contributed by atoms with Gasteiger partial charge in [0.1, 0.15) is 11.3 Å². The zero-order chi connectivity index (χ0) is 29.0. The summed E-state index contributed by atoms with van der Waals surface area (Å²) in [7, 11) is 1.37. The van der Waals surface area contributed by atoms with Crippen molar-refractivity contribution in [3.63, 3.8) is 0 Å². The summed E-state index contributed by atoms with van der Waals surface area (Å²) in [6.07, 6.45) is 4.23. The Labute approximate surface area is 227 Å². The maximum absolute atomic E-state index is 12.1. The van der Waals surface area contributed by atoms with Crippen LogP contribution in [0.15, 0.2) is 112 Å². The fourth-order valence-corrected chi connectivity index (χ4v) is 4.09. The SMILES string of the molecule is C=CC(C1=CC(=O)C(OC)=CC1=O)c1ccccc1.O=c1c(O)c(-c2ccc(O)c(O)c2)oc2cc(O)ccc12. The molecule has 4 aromatic rings. The minimum absolute atomic E-state index is 0.0737. The lowest BCUT2D eigenvalue weighted by molar-refractivity contribution is -0.117. The summed E-state index contributed by atoms with van der Waals surface area (Å²) in [6.45, 7) is 3.75. The van der Waals surface area contributed by atoms with E-state index in [1.165, 1.54) is 49.6 Å². The smallest absolute Gasteiger partial charge is 0.235 e. The van der Waals surface area contributed by atoms with Gasteiger partial charge in [0, 0.05) is 29.2 Å². The van der Waals surface area contributed by atoms with Gasteiger partial charge in [-0.1, -0.05) is 36.4 Å². The van der Waals surface area contributed by atoms with Crippen molar-refractivity contribution in [1.29, 1.82) is 0 Å². The van der Waals surface area contributed by atoms with E-state index in [4.69, 9.17) is 9.15 Å². The Kier molecular flexibility index (Phi) is 7.86. The van der Waals surface area contributed by atoms with E-state index < -0.39 is 16.9 Å². The monoisotopic (exact) mass is 540 g/mol. The average molecular weight is 541 g/mol. The summed E-state index contributed by atoms with van der Waals surface area (Å²) >= 11 is 0. The number of ether oxygens (including phenoxy) is 1. The Morgan fingerprint density at radius 2 is 1.57 bits per heavy atom. The first kappa shape index (κ1) is 27.5. The number of phenols is 3. The Bertz CT molecular complexity index is 1740. The molecule has 0 fully saturated rings. The summed E-state index contributed by atoms with van der Waals surface area (Å²) < 4.78 is 10.3. The molecule has 1 atom stereocenters. The molecule has 0 amide bonds. The molecule has 1 aromatic heterocycles. The van der Waals surface area contributed by atoms with E-state index in [0.29, 0.717) is 5.57 Å². The van der Waals surface area contributed by atoms with E-state index in [2.05, 4.69) is 6.58 Å².